The van der Waals surface area contributed by atoms with Crippen LogP contribution >= 0.6 is 0 Å². The second kappa shape index (κ2) is 4.97. The topological polar surface area (TPSA) is 34.1 Å². The van der Waals surface area contributed by atoms with Crippen LogP contribution < -0.4 is 5.32 Å². The lowest BCUT2D eigenvalue weighted by Crippen LogP contribution is -2.10. The van der Waals surface area contributed by atoms with Gasteiger partial charge in [-0.2, -0.15) is 13.2 Å². The first-order valence-corrected chi connectivity index (χ1v) is 4.30. The fraction of sp³-hybridized carbons (Fsp3) is 0.444. The molecule has 0 aliphatic carbocycles. The van der Waals surface area contributed by atoms with Crippen LogP contribution in [0.4, 0.5) is 19.0 Å². The Labute approximate surface area is 85.3 Å². The van der Waals surface area contributed by atoms with E-state index >= 15 is 0 Å². The van der Waals surface area contributed by atoms with Crippen molar-refractivity contribution in [3.63, 3.8) is 0 Å². The van der Waals surface area contributed by atoms with Gasteiger partial charge in [0, 0.05) is 19.9 Å². The van der Waals surface area contributed by atoms with Crippen molar-refractivity contribution in [3.05, 3.63) is 23.9 Å². The number of nitrogens with one attached hydrogen (secondary N) is 1. The molecular weight excluding hydrogens is 209 g/mol. The summed E-state index contributed by atoms with van der Waals surface area (Å²) in [6.45, 7) is 0.984. The van der Waals surface area contributed by atoms with E-state index in [2.05, 4.69) is 10.3 Å². The minimum atomic E-state index is -4.34. The molecule has 0 aliphatic heterocycles. The molecule has 0 bridgehead atoms. The van der Waals surface area contributed by atoms with E-state index in [9.17, 15) is 13.2 Å². The van der Waals surface area contributed by atoms with Crippen molar-refractivity contribution in [2.45, 2.75) is 6.18 Å². The van der Waals surface area contributed by atoms with Gasteiger partial charge in [0.2, 0.25) is 0 Å². The van der Waals surface area contributed by atoms with Crippen LogP contribution in [0.5, 0.6) is 0 Å². The van der Waals surface area contributed by atoms with Gasteiger partial charge >= 0.3 is 6.18 Å². The molecule has 1 N–H and O–H groups in total. The van der Waals surface area contributed by atoms with Crippen LogP contribution in [0, 0.1) is 0 Å². The molecule has 0 amide bonds. The molecule has 0 spiro atoms. The van der Waals surface area contributed by atoms with Crippen LogP contribution in [0.1, 0.15) is 5.56 Å². The SMILES string of the molecule is COCCNc1ccc(C(F)(F)F)cn1. The zero-order valence-electron chi connectivity index (χ0n) is 8.14. The summed E-state index contributed by atoms with van der Waals surface area (Å²) in [4.78, 5) is 3.63. The van der Waals surface area contributed by atoms with E-state index in [0.717, 1.165) is 12.3 Å². The number of aromatic nitrogens is 1. The van der Waals surface area contributed by atoms with Gasteiger partial charge in [-0.1, -0.05) is 0 Å². The van der Waals surface area contributed by atoms with Gasteiger partial charge in [0.25, 0.3) is 0 Å². The second-order valence-corrected chi connectivity index (χ2v) is 2.85. The van der Waals surface area contributed by atoms with Gasteiger partial charge < -0.3 is 10.1 Å². The minimum Gasteiger partial charge on any atom is -0.383 e. The fourth-order valence-electron chi connectivity index (χ4n) is 0.947. The van der Waals surface area contributed by atoms with E-state index in [-0.39, 0.29) is 0 Å². The van der Waals surface area contributed by atoms with Crippen LogP contribution in [-0.4, -0.2) is 25.2 Å². The summed E-state index contributed by atoms with van der Waals surface area (Å²) in [5, 5.41) is 2.82. The zero-order valence-corrected chi connectivity index (χ0v) is 8.14. The maximum absolute atomic E-state index is 12.1. The van der Waals surface area contributed by atoms with Gasteiger partial charge in [0.15, 0.2) is 0 Å². The molecule has 6 heteroatoms. The highest BCUT2D eigenvalue weighted by molar-refractivity contribution is 5.35. The summed E-state index contributed by atoms with van der Waals surface area (Å²) < 4.78 is 41.2. The number of halogens is 3. The number of rotatable bonds is 4. The van der Waals surface area contributed by atoms with Crippen molar-refractivity contribution in [3.8, 4) is 0 Å². The first-order chi connectivity index (χ1) is 7.04. The third-order valence-corrected chi connectivity index (χ3v) is 1.70. The molecule has 3 nitrogen and oxygen atoms in total. The summed E-state index contributed by atoms with van der Waals surface area (Å²) in [6, 6.07) is 2.28. The summed E-state index contributed by atoms with van der Waals surface area (Å²) in [5.74, 6) is 0.403. The minimum absolute atomic E-state index is 0.403. The van der Waals surface area contributed by atoms with Crippen molar-refractivity contribution in [1.82, 2.24) is 4.98 Å². The Hall–Kier alpha value is -1.30. The molecule has 1 aromatic rings. The maximum atomic E-state index is 12.1. The summed E-state index contributed by atoms with van der Waals surface area (Å²) >= 11 is 0. The van der Waals surface area contributed by atoms with Gasteiger partial charge in [-0.15, -0.1) is 0 Å². The number of hydrogen-bond acceptors (Lipinski definition) is 3. The molecule has 15 heavy (non-hydrogen) atoms. The van der Waals surface area contributed by atoms with Crippen LogP contribution in [0.3, 0.4) is 0 Å². The van der Waals surface area contributed by atoms with Gasteiger partial charge in [-0.25, -0.2) is 4.98 Å². The lowest BCUT2D eigenvalue weighted by atomic mass is 10.3. The van der Waals surface area contributed by atoms with Gasteiger partial charge in [-0.3, -0.25) is 0 Å². The second-order valence-electron chi connectivity index (χ2n) is 2.85. The quantitative estimate of drug-likeness (QED) is 0.789. The summed E-state index contributed by atoms with van der Waals surface area (Å²) in [5.41, 5.74) is -0.750. The van der Waals surface area contributed by atoms with Gasteiger partial charge in [0.05, 0.1) is 12.2 Å². The van der Waals surface area contributed by atoms with Crippen molar-refractivity contribution in [1.29, 1.82) is 0 Å². The molecule has 84 valence electrons. The van der Waals surface area contributed by atoms with Crippen molar-refractivity contribution < 1.29 is 17.9 Å². The van der Waals surface area contributed by atoms with Gasteiger partial charge in [-0.05, 0) is 12.1 Å². The number of methoxy groups -OCH3 is 1. The Balaban J connectivity index is 2.57. The average molecular weight is 220 g/mol. The summed E-state index contributed by atoms with van der Waals surface area (Å²) in [7, 11) is 1.54. The molecule has 0 radical (unpaired) electrons. The highest BCUT2D eigenvalue weighted by Crippen LogP contribution is 2.28. The van der Waals surface area contributed by atoms with Crippen LogP contribution in [0.25, 0.3) is 0 Å². The predicted octanol–water partition coefficient (Wildman–Crippen LogP) is 2.16. The molecule has 1 heterocycles. The molecule has 0 aromatic carbocycles. The van der Waals surface area contributed by atoms with Crippen molar-refractivity contribution >= 4 is 5.82 Å². The lowest BCUT2D eigenvalue weighted by Gasteiger charge is -2.08. The molecule has 0 aliphatic rings. The molecule has 0 fully saturated rings. The number of pyridine rings is 1. The fourth-order valence-corrected chi connectivity index (χ4v) is 0.947. The largest absolute Gasteiger partial charge is 0.417 e. The third-order valence-electron chi connectivity index (χ3n) is 1.70. The average Bonchev–Trinajstić information content (AvgIpc) is 2.18. The van der Waals surface area contributed by atoms with Crippen LogP contribution in [0.2, 0.25) is 0 Å². The number of anilines is 1. The molecule has 1 rings (SSSR count). The number of nitrogens with zero attached hydrogens (tertiary/aromatic N) is 1. The van der Waals surface area contributed by atoms with E-state index in [1.807, 2.05) is 0 Å². The molecule has 1 aromatic heterocycles. The van der Waals surface area contributed by atoms with Crippen molar-refractivity contribution in [2.75, 3.05) is 25.6 Å². The molecule has 0 unspecified atom stereocenters. The van der Waals surface area contributed by atoms with E-state index in [1.54, 1.807) is 7.11 Å². The van der Waals surface area contributed by atoms with Crippen molar-refractivity contribution in [2.24, 2.45) is 0 Å². The molecule has 0 saturated heterocycles. The standard InChI is InChI=1S/C9H11F3N2O/c1-15-5-4-13-8-3-2-7(6-14-8)9(10,11)12/h2-3,6H,4-5H2,1H3,(H,13,14). The highest BCUT2D eigenvalue weighted by Gasteiger charge is 2.30. The van der Waals surface area contributed by atoms with E-state index < -0.39 is 11.7 Å². The normalized spacial score (nSPS) is 11.5. The van der Waals surface area contributed by atoms with E-state index in [1.165, 1.54) is 6.07 Å². The Morgan fingerprint density at radius 2 is 2.13 bits per heavy atom. The molecule has 0 atom stereocenters. The molecular formula is C9H11F3N2O. The summed E-state index contributed by atoms with van der Waals surface area (Å²) in [6.07, 6.45) is -3.53. The first-order valence-electron chi connectivity index (χ1n) is 4.30. The zero-order chi connectivity index (χ0) is 11.3. The highest BCUT2D eigenvalue weighted by atomic mass is 19.4. The maximum Gasteiger partial charge on any atom is 0.417 e. The number of ether oxygens (including phenoxy) is 1. The monoisotopic (exact) mass is 220 g/mol. The third kappa shape index (κ3) is 3.75. The number of alkyl halides is 3. The Kier molecular flexibility index (Phi) is 3.90. The van der Waals surface area contributed by atoms with Crippen LogP contribution in [-0.2, 0) is 10.9 Å². The first kappa shape index (κ1) is 11.8. The Morgan fingerprint density at radius 3 is 2.60 bits per heavy atom. The lowest BCUT2D eigenvalue weighted by molar-refractivity contribution is -0.137. The Morgan fingerprint density at radius 1 is 1.40 bits per heavy atom. The Bertz CT molecular complexity index is 297. The number of hydrogen-bond donors (Lipinski definition) is 1. The predicted molar refractivity (Wildman–Crippen MR) is 49.6 cm³/mol. The van der Waals surface area contributed by atoms with E-state index in [0.29, 0.717) is 19.0 Å². The smallest absolute Gasteiger partial charge is 0.383 e. The van der Waals surface area contributed by atoms with E-state index in [4.69, 9.17) is 4.74 Å². The van der Waals surface area contributed by atoms with Crippen LogP contribution in [0.15, 0.2) is 18.3 Å². The van der Waals surface area contributed by atoms with Gasteiger partial charge in [0.1, 0.15) is 5.82 Å². The molecule has 0 saturated carbocycles.